The van der Waals surface area contributed by atoms with Crippen molar-refractivity contribution < 1.29 is 4.79 Å². The highest BCUT2D eigenvalue weighted by molar-refractivity contribution is 9.10. The van der Waals surface area contributed by atoms with Crippen molar-refractivity contribution in [2.75, 3.05) is 12.3 Å². The Morgan fingerprint density at radius 2 is 2.21 bits per heavy atom. The van der Waals surface area contributed by atoms with Gasteiger partial charge in [-0.05, 0) is 57.6 Å². The van der Waals surface area contributed by atoms with E-state index in [1.165, 1.54) is 10.4 Å². The van der Waals surface area contributed by atoms with Gasteiger partial charge in [0.15, 0.2) is 0 Å². The molecule has 98 valence electrons. The number of benzene rings is 1. The van der Waals surface area contributed by atoms with Crippen molar-refractivity contribution >= 4 is 38.9 Å². The molecule has 0 saturated carbocycles. The van der Waals surface area contributed by atoms with E-state index >= 15 is 0 Å². The summed E-state index contributed by atoms with van der Waals surface area (Å²) in [5.74, 6) is 0.0672. The number of fused-ring (bicyclic) bond motifs is 1. The number of hydrogen-bond donors (Lipinski definition) is 1. The molecule has 2 heterocycles. The molecule has 19 heavy (non-hydrogen) atoms. The third-order valence-corrected chi connectivity index (χ3v) is 5.05. The van der Waals surface area contributed by atoms with E-state index in [9.17, 15) is 4.79 Å². The number of nitrogens with zero attached hydrogens (tertiary/aromatic N) is 1. The smallest absolute Gasteiger partial charge is 0.254 e. The molecule has 0 radical (unpaired) electrons. The fourth-order valence-corrected chi connectivity index (χ4v) is 3.53. The van der Waals surface area contributed by atoms with Gasteiger partial charge in [-0.25, -0.2) is 0 Å². The van der Waals surface area contributed by atoms with Crippen molar-refractivity contribution in [1.82, 2.24) is 4.90 Å². The Balaban J connectivity index is 1.83. The number of carbonyl (C=O) groups is 1. The zero-order chi connectivity index (χ0) is 13.4. The van der Waals surface area contributed by atoms with Gasteiger partial charge in [0.1, 0.15) is 0 Å². The van der Waals surface area contributed by atoms with Gasteiger partial charge in [-0.3, -0.25) is 4.79 Å². The number of anilines is 1. The van der Waals surface area contributed by atoms with Crippen molar-refractivity contribution in [1.29, 1.82) is 0 Å². The van der Waals surface area contributed by atoms with Crippen LogP contribution >= 0.6 is 27.3 Å². The predicted molar refractivity (Wildman–Crippen MR) is 81.3 cm³/mol. The minimum Gasteiger partial charge on any atom is -0.398 e. The van der Waals surface area contributed by atoms with Crippen molar-refractivity contribution in [2.45, 2.75) is 13.0 Å². The molecule has 2 aromatic rings. The lowest BCUT2D eigenvalue weighted by Gasteiger charge is -2.27. The zero-order valence-electron chi connectivity index (χ0n) is 10.2. The van der Waals surface area contributed by atoms with E-state index < -0.39 is 0 Å². The van der Waals surface area contributed by atoms with Gasteiger partial charge in [-0.1, -0.05) is 0 Å². The average Bonchev–Trinajstić information content (AvgIpc) is 2.88. The molecule has 3 rings (SSSR count). The molecular formula is C14H13BrN2OS. The normalized spacial score (nSPS) is 14.3. The first-order valence-electron chi connectivity index (χ1n) is 6.04. The van der Waals surface area contributed by atoms with Crippen molar-refractivity contribution in [2.24, 2.45) is 0 Å². The number of rotatable bonds is 1. The van der Waals surface area contributed by atoms with Crippen LogP contribution in [0.15, 0.2) is 34.1 Å². The van der Waals surface area contributed by atoms with Crippen molar-refractivity contribution in [3.05, 3.63) is 50.1 Å². The third-order valence-electron chi connectivity index (χ3n) is 3.34. The minimum absolute atomic E-state index is 0.0672. The summed E-state index contributed by atoms with van der Waals surface area (Å²) in [6.07, 6.45) is 0.953. The molecule has 1 aliphatic heterocycles. The van der Waals surface area contributed by atoms with Crippen LogP contribution in [0.5, 0.6) is 0 Å². The van der Waals surface area contributed by atoms with Crippen molar-refractivity contribution in [3.63, 3.8) is 0 Å². The predicted octanol–water partition coefficient (Wildman–Crippen LogP) is 3.29. The summed E-state index contributed by atoms with van der Waals surface area (Å²) >= 11 is 5.14. The maximum atomic E-state index is 12.5. The standard InChI is InChI=1S/C14H13BrN2OS/c15-11-7-9(1-2-12(11)16)14(18)17-5-3-13-10(8-17)4-6-19-13/h1-2,4,6-7H,3,5,8,16H2. The second-order valence-corrected chi connectivity index (χ2v) is 6.44. The Hall–Kier alpha value is -1.33. The van der Waals surface area contributed by atoms with Crippen LogP contribution in [0, 0.1) is 0 Å². The molecule has 1 aromatic carbocycles. The van der Waals surface area contributed by atoms with Gasteiger partial charge in [0, 0.05) is 33.7 Å². The van der Waals surface area contributed by atoms with Crippen LogP contribution in [-0.2, 0) is 13.0 Å². The summed E-state index contributed by atoms with van der Waals surface area (Å²) in [6.45, 7) is 1.49. The monoisotopic (exact) mass is 336 g/mol. The third kappa shape index (κ3) is 2.40. The molecule has 1 aromatic heterocycles. The van der Waals surface area contributed by atoms with Gasteiger partial charge in [-0.15, -0.1) is 11.3 Å². The highest BCUT2D eigenvalue weighted by atomic mass is 79.9. The zero-order valence-corrected chi connectivity index (χ0v) is 12.6. The summed E-state index contributed by atoms with van der Waals surface area (Å²) < 4.78 is 0.770. The Labute approximate surface area is 124 Å². The van der Waals surface area contributed by atoms with Gasteiger partial charge in [0.2, 0.25) is 0 Å². The van der Waals surface area contributed by atoms with Crippen molar-refractivity contribution in [3.8, 4) is 0 Å². The fraction of sp³-hybridized carbons (Fsp3) is 0.214. The number of nitrogens with two attached hydrogens (primary N) is 1. The lowest BCUT2D eigenvalue weighted by atomic mass is 10.1. The molecular weight excluding hydrogens is 324 g/mol. The molecule has 0 atom stereocenters. The van der Waals surface area contributed by atoms with Crippen LogP contribution in [0.4, 0.5) is 5.69 Å². The molecule has 0 aliphatic carbocycles. The van der Waals surface area contributed by atoms with Gasteiger partial charge >= 0.3 is 0 Å². The Morgan fingerprint density at radius 3 is 3.00 bits per heavy atom. The second-order valence-electron chi connectivity index (χ2n) is 4.58. The molecule has 2 N–H and O–H groups in total. The molecule has 1 aliphatic rings. The fourth-order valence-electron chi connectivity index (χ4n) is 2.26. The first kappa shape index (κ1) is 12.7. The van der Waals surface area contributed by atoms with Crippen LogP contribution < -0.4 is 5.73 Å². The van der Waals surface area contributed by atoms with Crippen LogP contribution in [-0.4, -0.2) is 17.4 Å². The van der Waals surface area contributed by atoms with Gasteiger partial charge < -0.3 is 10.6 Å². The first-order chi connectivity index (χ1) is 9.15. The van der Waals surface area contributed by atoms with E-state index in [-0.39, 0.29) is 5.91 Å². The summed E-state index contributed by atoms with van der Waals surface area (Å²) in [4.78, 5) is 15.8. The average molecular weight is 337 g/mol. The lowest BCUT2D eigenvalue weighted by molar-refractivity contribution is 0.0736. The maximum Gasteiger partial charge on any atom is 0.254 e. The molecule has 1 amide bonds. The molecule has 5 heteroatoms. The van der Waals surface area contributed by atoms with E-state index in [0.717, 1.165) is 17.4 Å². The highest BCUT2D eigenvalue weighted by Crippen LogP contribution is 2.26. The Bertz CT molecular complexity index is 638. The molecule has 0 bridgehead atoms. The number of halogens is 1. The van der Waals surface area contributed by atoms with E-state index in [1.54, 1.807) is 29.5 Å². The summed E-state index contributed by atoms with van der Waals surface area (Å²) in [6, 6.07) is 7.45. The molecule has 0 unspecified atom stereocenters. The van der Waals surface area contributed by atoms with Gasteiger partial charge in [0.05, 0.1) is 0 Å². The first-order valence-corrected chi connectivity index (χ1v) is 7.72. The van der Waals surface area contributed by atoms with Gasteiger partial charge in [-0.2, -0.15) is 0 Å². The van der Waals surface area contributed by atoms with E-state index in [0.29, 0.717) is 17.8 Å². The Morgan fingerprint density at radius 1 is 1.37 bits per heavy atom. The van der Waals surface area contributed by atoms with E-state index in [2.05, 4.69) is 27.4 Å². The number of hydrogen-bond acceptors (Lipinski definition) is 3. The number of amides is 1. The molecule has 0 spiro atoms. The van der Waals surface area contributed by atoms with Gasteiger partial charge in [0.25, 0.3) is 5.91 Å². The van der Waals surface area contributed by atoms with E-state index in [4.69, 9.17) is 5.73 Å². The van der Waals surface area contributed by atoms with Crippen LogP contribution in [0.25, 0.3) is 0 Å². The number of thiophene rings is 1. The van der Waals surface area contributed by atoms with Crippen LogP contribution in [0.1, 0.15) is 20.8 Å². The van der Waals surface area contributed by atoms with Crippen LogP contribution in [0.2, 0.25) is 0 Å². The SMILES string of the molecule is Nc1ccc(C(=O)N2CCc3sccc3C2)cc1Br. The highest BCUT2D eigenvalue weighted by Gasteiger charge is 2.22. The quantitative estimate of drug-likeness (QED) is 0.812. The second kappa shape index (κ2) is 4.98. The Kier molecular flexibility index (Phi) is 3.33. The molecule has 0 saturated heterocycles. The number of carbonyl (C=O) groups excluding carboxylic acids is 1. The summed E-state index contributed by atoms with van der Waals surface area (Å²) in [5, 5.41) is 2.10. The summed E-state index contributed by atoms with van der Waals surface area (Å²) in [7, 11) is 0. The molecule has 3 nitrogen and oxygen atoms in total. The maximum absolute atomic E-state index is 12.5. The molecule has 0 fully saturated rings. The lowest BCUT2D eigenvalue weighted by Crippen LogP contribution is -2.35. The minimum atomic E-state index is 0.0672. The number of nitrogen functional groups attached to an aromatic ring is 1. The summed E-state index contributed by atoms with van der Waals surface area (Å²) in [5.41, 5.74) is 8.35. The van der Waals surface area contributed by atoms with E-state index in [1.807, 2.05) is 4.90 Å². The topological polar surface area (TPSA) is 46.3 Å². The van der Waals surface area contributed by atoms with Crippen LogP contribution in [0.3, 0.4) is 0 Å². The largest absolute Gasteiger partial charge is 0.398 e.